The van der Waals surface area contributed by atoms with Crippen molar-refractivity contribution < 1.29 is 18.0 Å². The Kier molecular flexibility index (Phi) is 3.76. The third kappa shape index (κ3) is 2.90. The maximum atomic E-state index is 12.9. The first kappa shape index (κ1) is 14.8. The Balaban J connectivity index is 1.87. The Hall–Kier alpha value is -2.12. The lowest BCUT2D eigenvalue weighted by Gasteiger charge is -2.22. The molecule has 2 heterocycles. The summed E-state index contributed by atoms with van der Waals surface area (Å²) in [6, 6.07) is 2.18. The van der Waals surface area contributed by atoms with Crippen molar-refractivity contribution in [2.75, 3.05) is 0 Å². The molecule has 0 spiro atoms. The van der Waals surface area contributed by atoms with E-state index in [9.17, 15) is 18.0 Å². The molecule has 2 aromatic rings. The minimum Gasteiger partial charge on any atom is -0.348 e. The summed E-state index contributed by atoms with van der Waals surface area (Å²) < 4.78 is 39.4. The van der Waals surface area contributed by atoms with E-state index in [4.69, 9.17) is 0 Å². The van der Waals surface area contributed by atoms with Gasteiger partial charge in [0.2, 0.25) is 0 Å². The second-order valence-electron chi connectivity index (χ2n) is 5.44. The molecular formula is C14H15F3N4O. The number of halogens is 3. The molecule has 0 aromatic carbocycles. The fourth-order valence-electron chi connectivity index (χ4n) is 2.73. The summed E-state index contributed by atoms with van der Waals surface area (Å²) in [4.78, 5) is 16.0. The molecule has 0 radical (unpaired) electrons. The van der Waals surface area contributed by atoms with Gasteiger partial charge in [0.05, 0.1) is 0 Å². The van der Waals surface area contributed by atoms with Crippen molar-refractivity contribution >= 4 is 11.6 Å². The molecule has 2 aromatic heterocycles. The fraction of sp³-hybridized carbons (Fsp3) is 0.500. The number of carbonyl (C=O) groups is 1. The van der Waals surface area contributed by atoms with Gasteiger partial charge in [-0.15, -0.1) is 0 Å². The summed E-state index contributed by atoms with van der Waals surface area (Å²) in [7, 11) is 0. The molecule has 1 saturated carbocycles. The van der Waals surface area contributed by atoms with Crippen molar-refractivity contribution in [2.24, 2.45) is 0 Å². The molecular weight excluding hydrogens is 297 g/mol. The highest BCUT2D eigenvalue weighted by Gasteiger charge is 2.34. The standard InChI is InChI=1S/C14H15F3N4O/c15-14(16,17)11-6-7-18-12-8-10(20-21(11)12)13(22)19-9-4-2-1-3-5-9/h6-9H,1-5H2,(H,19,22). The zero-order valence-electron chi connectivity index (χ0n) is 11.7. The molecule has 1 aliphatic rings. The molecule has 3 rings (SSSR count). The lowest BCUT2D eigenvalue weighted by atomic mass is 9.95. The van der Waals surface area contributed by atoms with Gasteiger partial charge in [-0.05, 0) is 18.9 Å². The van der Waals surface area contributed by atoms with Crippen LogP contribution in [-0.4, -0.2) is 26.5 Å². The number of hydrogen-bond donors (Lipinski definition) is 1. The summed E-state index contributed by atoms with van der Waals surface area (Å²) in [5.74, 6) is -0.453. The van der Waals surface area contributed by atoms with Crippen LogP contribution in [0.15, 0.2) is 18.3 Å². The van der Waals surface area contributed by atoms with Crippen LogP contribution in [0.5, 0.6) is 0 Å². The number of carbonyl (C=O) groups excluding carboxylic acids is 1. The first-order valence-corrected chi connectivity index (χ1v) is 7.18. The van der Waals surface area contributed by atoms with Crippen LogP contribution in [-0.2, 0) is 6.18 Å². The molecule has 0 saturated heterocycles. The number of rotatable bonds is 2. The predicted octanol–water partition coefficient (Wildman–Crippen LogP) is 2.81. The topological polar surface area (TPSA) is 59.3 Å². The number of fused-ring (bicyclic) bond motifs is 1. The Bertz CT molecular complexity index is 689. The van der Waals surface area contributed by atoms with Crippen LogP contribution in [0.4, 0.5) is 13.2 Å². The van der Waals surface area contributed by atoms with E-state index in [0.29, 0.717) is 4.52 Å². The molecule has 1 aliphatic carbocycles. The average Bonchev–Trinajstić information content (AvgIpc) is 2.91. The van der Waals surface area contributed by atoms with Crippen LogP contribution in [0.25, 0.3) is 5.65 Å². The Morgan fingerprint density at radius 2 is 2.00 bits per heavy atom. The predicted molar refractivity (Wildman–Crippen MR) is 72.3 cm³/mol. The van der Waals surface area contributed by atoms with Gasteiger partial charge in [-0.2, -0.15) is 18.3 Å². The number of nitrogens with one attached hydrogen (secondary N) is 1. The van der Waals surface area contributed by atoms with Gasteiger partial charge in [-0.3, -0.25) is 4.79 Å². The molecule has 0 atom stereocenters. The van der Waals surface area contributed by atoms with E-state index in [1.807, 2.05) is 0 Å². The summed E-state index contributed by atoms with van der Waals surface area (Å²) in [5, 5.41) is 6.60. The van der Waals surface area contributed by atoms with Crippen LogP contribution in [0, 0.1) is 0 Å². The third-order valence-corrected chi connectivity index (χ3v) is 3.82. The Morgan fingerprint density at radius 3 is 2.68 bits per heavy atom. The summed E-state index contributed by atoms with van der Waals surface area (Å²) in [5.41, 5.74) is -0.993. The van der Waals surface area contributed by atoms with Crippen molar-refractivity contribution in [1.82, 2.24) is 19.9 Å². The Morgan fingerprint density at radius 1 is 1.27 bits per heavy atom. The van der Waals surface area contributed by atoms with Crippen molar-refractivity contribution in [1.29, 1.82) is 0 Å². The van der Waals surface area contributed by atoms with Gasteiger partial charge in [0.15, 0.2) is 11.3 Å². The van der Waals surface area contributed by atoms with Gasteiger partial charge in [-0.25, -0.2) is 9.50 Å². The fourth-order valence-corrected chi connectivity index (χ4v) is 2.73. The van der Waals surface area contributed by atoms with Crippen molar-refractivity contribution in [2.45, 2.75) is 44.3 Å². The third-order valence-electron chi connectivity index (χ3n) is 3.82. The van der Waals surface area contributed by atoms with Crippen LogP contribution < -0.4 is 5.32 Å². The molecule has 0 bridgehead atoms. The van der Waals surface area contributed by atoms with Gasteiger partial charge in [0, 0.05) is 18.3 Å². The summed E-state index contributed by atoms with van der Waals surface area (Å²) >= 11 is 0. The maximum absolute atomic E-state index is 12.9. The lowest BCUT2D eigenvalue weighted by molar-refractivity contribution is -0.142. The van der Waals surface area contributed by atoms with Crippen LogP contribution in [0.1, 0.15) is 48.3 Å². The highest BCUT2D eigenvalue weighted by molar-refractivity contribution is 5.93. The number of hydrogen-bond acceptors (Lipinski definition) is 3. The van der Waals surface area contributed by atoms with Gasteiger partial charge in [0.1, 0.15) is 5.69 Å². The second-order valence-corrected chi connectivity index (χ2v) is 5.44. The smallest absolute Gasteiger partial charge is 0.348 e. The number of alkyl halides is 3. The molecule has 8 heteroatoms. The van der Waals surface area contributed by atoms with Gasteiger partial charge >= 0.3 is 6.18 Å². The van der Waals surface area contributed by atoms with Crippen LogP contribution >= 0.6 is 0 Å². The number of nitrogens with zero attached hydrogens (tertiary/aromatic N) is 3. The van der Waals surface area contributed by atoms with E-state index >= 15 is 0 Å². The lowest BCUT2D eigenvalue weighted by Crippen LogP contribution is -2.36. The second kappa shape index (κ2) is 5.58. The maximum Gasteiger partial charge on any atom is 0.433 e. The van der Waals surface area contributed by atoms with E-state index in [-0.39, 0.29) is 17.4 Å². The largest absolute Gasteiger partial charge is 0.433 e. The van der Waals surface area contributed by atoms with E-state index < -0.39 is 17.8 Å². The number of amides is 1. The zero-order valence-corrected chi connectivity index (χ0v) is 11.7. The van der Waals surface area contributed by atoms with Crippen molar-refractivity contribution in [3.05, 3.63) is 29.7 Å². The van der Waals surface area contributed by atoms with E-state index in [1.54, 1.807) is 0 Å². The molecule has 1 fully saturated rings. The van der Waals surface area contributed by atoms with Crippen LogP contribution in [0.2, 0.25) is 0 Å². The van der Waals surface area contributed by atoms with Crippen molar-refractivity contribution in [3.8, 4) is 0 Å². The molecule has 118 valence electrons. The normalized spacial score (nSPS) is 16.9. The molecule has 0 unspecified atom stereocenters. The zero-order chi connectivity index (χ0) is 15.7. The minimum absolute atomic E-state index is 0.00335. The van der Waals surface area contributed by atoms with E-state index in [1.165, 1.54) is 6.07 Å². The highest BCUT2D eigenvalue weighted by atomic mass is 19.4. The first-order chi connectivity index (χ1) is 10.4. The van der Waals surface area contributed by atoms with Crippen molar-refractivity contribution in [3.63, 3.8) is 0 Å². The number of aromatic nitrogens is 3. The average molecular weight is 312 g/mol. The molecule has 1 amide bonds. The van der Waals surface area contributed by atoms with E-state index in [2.05, 4.69) is 15.4 Å². The monoisotopic (exact) mass is 312 g/mol. The summed E-state index contributed by atoms with van der Waals surface area (Å²) in [6.45, 7) is 0. The quantitative estimate of drug-likeness (QED) is 0.927. The SMILES string of the molecule is O=C(NC1CCCCC1)c1cc2nccc(C(F)(F)F)n2n1. The van der Waals surface area contributed by atoms with Gasteiger partial charge in [-0.1, -0.05) is 19.3 Å². The molecule has 0 aliphatic heterocycles. The molecule has 1 N–H and O–H groups in total. The first-order valence-electron chi connectivity index (χ1n) is 7.18. The van der Waals surface area contributed by atoms with Gasteiger partial charge < -0.3 is 5.32 Å². The Labute approximate surface area is 124 Å². The molecule has 5 nitrogen and oxygen atoms in total. The van der Waals surface area contributed by atoms with E-state index in [0.717, 1.165) is 44.4 Å². The van der Waals surface area contributed by atoms with Gasteiger partial charge in [0.25, 0.3) is 5.91 Å². The minimum atomic E-state index is -4.55. The summed E-state index contributed by atoms with van der Waals surface area (Å²) in [6.07, 6.45) is 1.55. The highest BCUT2D eigenvalue weighted by Crippen LogP contribution is 2.29. The molecule has 22 heavy (non-hydrogen) atoms. The van der Waals surface area contributed by atoms with Crippen LogP contribution in [0.3, 0.4) is 0 Å².